The van der Waals surface area contributed by atoms with Crippen molar-refractivity contribution in [3.63, 3.8) is 0 Å². The molecule has 0 atom stereocenters. The van der Waals surface area contributed by atoms with Crippen molar-refractivity contribution in [3.8, 4) is 0 Å². The van der Waals surface area contributed by atoms with Gasteiger partial charge in [-0.3, -0.25) is 0 Å². The van der Waals surface area contributed by atoms with Crippen LogP contribution in [0.15, 0.2) is 23.3 Å². The highest BCUT2D eigenvalue weighted by Crippen LogP contribution is 2.09. The van der Waals surface area contributed by atoms with Gasteiger partial charge in [0.25, 0.3) is 5.97 Å². The molecule has 0 aromatic rings. The third kappa shape index (κ3) is 9.27. The van der Waals surface area contributed by atoms with Crippen molar-refractivity contribution in [2.24, 2.45) is 0 Å². The number of rotatable bonds is 4. The van der Waals surface area contributed by atoms with Gasteiger partial charge in [0.2, 0.25) is 0 Å². The Morgan fingerprint density at radius 3 is 2.08 bits per heavy atom. The highest BCUT2D eigenvalue weighted by atomic mass is 16.7. The normalized spacial score (nSPS) is 12.9. The van der Waals surface area contributed by atoms with Gasteiger partial charge in [0, 0.05) is 6.08 Å². The van der Waals surface area contributed by atoms with Crippen LogP contribution in [0.3, 0.4) is 0 Å². The molecule has 0 saturated heterocycles. The van der Waals surface area contributed by atoms with Crippen LogP contribution in [0.1, 0.15) is 33.6 Å². The second-order valence-corrected chi connectivity index (χ2v) is 3.50. The van der Waals surface area contributed by atoms with Gasteiger partial charge >= 0.3 is 0 Å². The Kier molecular flexibility index (Phi) is 4.91. The Bertz CT molecular complexity index is 205. The lowest BCUT2D eigenvalue weighted by atomic mass is 10.1. The summed E-state index contributed by atoms with van der Waals surface area (Å²) in [6.45, 7) is 5.76. The summed E-state index contributed by atoms with van der Waals surface area (Å²) in [4.78, 5) is 0. The minimum atomic E-state index is -2.67. The predicted molar refractivity (Wildman–Crippen MR) is 51.8 cm³/mol. The maximum Gasteiger partial charge on any atom is 0.297 e. The maximum absolute atomic E-state index is 8.62. The molecule has 0 heterocycles. The molecule has 0 rings (SSSR count). The minimum absolute atomic E-state index is 0.717. The largest absolute Gasteiger partial charge is 0.340 e. The van der Waals surface area contributed by atoms with Crippen molar-refractivity contribution in [3.05, 3.63) is 23.3 Å². The Balaban J connectivity index is 3.95. The summed E-state index contributed by atoms with van der Waals surface area (Å²) in [5.74, 6) is -2.67. The molecule has 76 valence electrons. The summed E-state index contributed by atoms with van der Waals surface area (Å²) in [6.07, 6.45) is 4.66. The molecule has 0 aromatic carbocycles. The first kappa shape index (κ1) is 12.4. The Hall–Kier alpha value is -0.640. The van der Waals surface area contributed by atoms with Gasteiger partial charge in [-0.05, 0) is 33.6 Å². The Morgan fingerprint density at radius 2 is 1.69 bits per heavy atom. The maximum atomic E-state index is 8.62. The fourth-order valence-electron chi connectivity index (χ4n) is 0.991. The molecule has 0 spiro atoms. The van der Waals surface area contributed by atoms with Crippen molar-refractivity contribution < 1.29 is 15.3 Å². The summed E-state index contributed by atoms with van der Waals surface area (Å²) in [5, 5.41) is 25.8. The summed E-state index contributed by atoms with van der Waals surface area (Å²) in [7, 11) is 0. The first-order valence-electron chi connectivity index (χ1n) is 4.30. The van der Waals surface area contributed by atoms with E-state index in [-0.39, 0.29) is 0 Å². The molecule has 13 heavy (non-hydrogen) atoms. The second kappa shape index (κ2) is 5.17. The molecule has 3 nitrogen and oxygen atoms in total. The monoisotopic (exact) mass is 186 g/mol. The van der Waals surface area contributed by atoms with Gasteiger partial charge in [-0.25, -0.2) is 0 Å². The van der Waals surface area contributed by atoms with Crippen molar-refractivity contribution in [2.75, 3.05) is 0 Å². The quantitative estimate of drug-likeness (QED) is 0.458. The molecule has 0 aromatic heterocycles. The van der Waals surface area contributed by atoms with Gasteiger partial charge in [-0.15, -0.1) is 0 Å². The Morgan fingerprint density at radius 1 is 1.15 bits per heavy atom. The molecule has 0 radical (unpaired) electrons. The molecular weight excluding hydrogens is 168 g/mol. The van der Waals surface area contributed by atoms with Crippen LogP contribution in [0.4, 0.5) is 0 Å². The summed E-state index contributed by atoms with van der Waals surface area (Å²) >= 11 is 0. The number of hydrogen-bond donors (Lipinski definition) is 3. The molecule has 0 fully saturated rings. The second-order valence-electron chi connectivity index (χ2n) is 3.50. The van der Waals surface area contributed by atoms with Crippen molar-refractivity contribution in [1.29, 1.82) is 0 Å². The first-order chi connectivity index (χ1) is 5.81. The molecule has 3 N–H and O–H groups in total. The topological polar surface area (TPSA) is 60.7 Å². The third-order valence-electron chi connectivity index (χ3n) is 1.53. The van der Waals surface area contributed by atoms with E-state index in [9.17, 15) is 0 Å². The molecule has 0 unspecified atom stereocenters. The van der Waals surface area contributed by atoms with Crippen molar-refractivity contribution in [2.45, 2.75) is 39.6 Å². The van der Waals surface area contributed by atoms with Crippen LogP contribution in [-0.2, 0) is 0 Å². The molecule has 0 aliphatic rings. The van der Waals surface area contributed by atoms with Crippen LogP contribution in [0.25, 0.3) is 0 Å². The fraction of sp³-hybridized carbons (Fsp3) is 0.600. The highest BCUT2D eigenvalue weighted by Gasteiger charge is 2.13. The summed E-state index contributed by atoms with van der Waals surface area (Å²) in [5.41, 5.74) is 1.99. The van der Waals surface area contributed by atoms with Crippen LogP contribution in [0, 0.1) is 0 Å². The van der Waals surface area contributed by atoms with E-state index in [1.165, 1.54) is 5.57 Å². The van der Waals surface area contributed by atoms with Crippen LogP contribution < -0.4 is 0 Å². The van der Waals surface area contributed by atoms with Gasteiger partial charge in [0.05, 0.1) is 0 Å². The van der Waals surface area contributed by atoms with Crippen LogP contribution in [-0.4, -0.2) is 21.3 Å². The minimum Gasteiger partial charge on any atom is -0.340 e. The van der Waals surface area contributed by atoms with Gasteiger partial charge in [0.1, 0.15) is 0 Å². The molecule has 0 amide bonds. The lowest BCUT2D eigenvalue weighted by molar-refractivity contribution is -0.273. The number of aliphatic hydroxyl groups is 3. The average molecular weight is 186 g/mol. The van der Waals surface area contributed by atoms with Crippen LogP contribution in [0.5, 0.6) is 0 Å². The lowest BCUT2D eigenvalue weighted by Crippen LogP contribution is -2.23. The number of allylic oxidation sites excluding steroid dienone is 3. The lowest BCUT2D eigenvalue weighted by Gasteiger charge is -2.09. The predicted octanol–water partition coefficient (Wildman–Crippen LogP) is 1.31. The molecule has 0 aliphatic carbocycles. The standard InChI is InChI=1S/C10H18O3/c1-8(2)5-4-6-9(3)7-10(11,12)13/h5,7,11-13H,4,6H2,1-3H3/b9-7+. The van der Waals surface area contributed by atoms with E-state index >= 15 is 0 Å². The molecule has 0 saturated carbocycles. The zero-order valence-corrected chi connectivity index (χ0v) is 8.41. The molecule has 0 bridgehead atoms. The van der Waals surface area contributed by atoms with E-state index in [0.29, 0.717) is 6.42 Å². The summed E-state index contributed by atoms with van der Waals surface area (Å²) < 4.78 is 0. The van der Waals surface area contributed by atoms with Gasteiger partial charge in [-0.2, -0.15) is 0 Å². The zero-order valence-electron chi connectivity index (χ0n) is 8.41. The van der Waals surface area contributed by atoms with Crippen LogP contribution >= 0.6 is 0 Å². The van der Waals surface area contributed by atoms with Crippen molar-refractivity contribution in [1.82, 2.24) is 0 Å². The van der Waals surface area contributed by atoms with Gasteiger partial charge < -0.3 is 15.3 Å². The van der Waals surface area contributed by atoms with E-state index in [2.05, 4.69) is 6.08 Å². The summed E-state index contributed by atoms with van der Waals surface area (Å²) in [6, 6.07) is 0. The van der Waals surface area contributed by atoms with E-state index in [1.807, 2.05) is 13.8 Å². The third-order valence-corrected chi connectivity index (χ3v) is 1.53. The van der Waals surface area contributed by atoms with Crippen LogP contribution in [0.2, 0.25) is 0 Å². The number of hydrogen-bond acceptors (Lipinski definition) is 3. The molecule has 3 heteroatoms. The van der Waals surface area contributed by atoms with Gasteiger partial charge in [-0.1, -0.05) is 17.2 Å². The first-order valence-corrected chi connectivity index (χ1v) is 4.30. The smallest absolute Gasteiger partial charge is 0.297 e. The molecular formula is C10H18O3. The van der Waals surface area contributed by atoms with Crippen molar-refractivity contribution >= 4 is 0 Å². The van der Waals surface area contributed by atoms with Gasteiger partial charge in [0.15, 0.2) is 0 Å². The van der Waals surface area contributed by atoms with E-state index in [0.717, 1.165) is 18.1 Å². The SMILES string of the molecule is CC(C)=CCC/C(C)=C/C(O)(O)O. The zero-order chi connectivity index (χ0) is 10.5. The average Bonchev–Trinajstić information content (AvgIpc) is 1.81. The fourth-order valence-corrected chi connectivity index (χ4v) is 0.991. The van der Waals surface area contributed by atoms with E-state index < -0.39 is 5.97 Å². The Labute approximate surface area is 79.0 Å². The highest BCUT2D eigenvalue weighted by molar-refractivity contribution is 5.04. The van der Waals surface area contributed by atoms with E-state index in [1.54, 1.807) is 6.92 Å². The molecule has 0 aliphatic heterocycles. The van der Waals surface area contributed by atoms with E-state index in [4.69, 9.17) is 15.3 Å².